The first-order valence-electron chi connectivity index (χ1n) is 5.34. The lowest BCUT2D eigenvalue weighted by Gasteiger charge is -2.10. The van der Waals surface area contributed by atoms with Gasteiger partial charge in [0.2, 0.25) is 0 Å². The first kappa shape index (κ1) is 12.0. The highest BCUT2D eigenvalue weighted by atomic mass is 16.5. The number of hydrogen-bond donors (Lipinski definition) is 2. The summed E-state index contributed by atoms with van der Waals surface area (Å²) in [4.78, 5) is 0. The van der Waals surface area contributed by atoms with Crippen molar-refractivity contribution in [1.82, 2.24) is 0 Å². The lowest BCUT2D eigenvalue weighted by Crippen LogP contribution is -2.26. The Balaban J connectivity index is 2.37. The third kappa shape index (κ3) is 4.32. The zero-order valence-corrected chi connectivity index (χ0v) is 9.15. The van der Waals surface area contributed by atoms with Crippen LogP contribution in [0.15, 0.2) is 24.3 Å². The van der Waals surface area contributed by atoms with Crippen LogP contribution in [-0.2, 0) is 6.42 Å². The summed E-state index contributed by atoms with van der Waals surface area (Å²) in [5.74, 6) is 0.875. The maximum Gasteiger partial charge on any atom is 0.119 e. The molecular formula is C12H19NO2. The molecule has 0 spiro atoms. The number of nitrogens with two attached hydrogens (primary N) is 1. The van der Waals surface area contributed by atoms with E-state index < -0.39 is 0 Å². The largest absolute Gasteiger partial charge is 0.494 e. The predicted molar refractivity (Wildman–Crippen MR) is 61.0 cm³/mol. The van der Waals surface area contributed by atoms with Gasteiger partial charge in [-0.1, -0.05) is 19.1 Å². The molecule has 0 bridgehead atoms. The summed E-state index contributed by atoms with van der Waals surface area (Å²) in [6, 6.07) is 7.85. The molecule has 0 saturated heterocycles. The zero-order chi connectivity index (χ0) is 11.1. The van der Waals surface area contributed by atoms with Gasteiger partial charge in [-0.05, 0) is 30.5 Å². The van der Waals surface area contributed by atoms with Gasteiger partial charge in [-0.2, -0.15) is 0 Å². The second-order valence-electron chi connectivity index (χ2n) is 3.58. The van der Waals surface area contributed by atoms with E-state index in [0.29, 0.717) is 13.0 Å². The number of benzene rings is 1. The summed E-state index contributed by atoms with van der Waals surface area (Å²) in [6.07, 6.45) is 1.68. The summed E-state index contributed by atoms with van der Waals surface area (Å²) in [5.41, 5.74) is 6.83. The minimum Gasteiger partial charge on any atom is -0.494 e. The van der Waals surface area contributed by atoms with E-state index in [9.17, 15) is 0 Å². The van der Waals surface area contributed by atoms with Crippen molar-refractivity contribution >= 4 is 0 Å². The summed E-state index contributed by atoms with van der Waals surface area (Å²) >= 11 is 0. The Morgan fingerprint density at radius 1 is 1.47 bits per heavy atom. The van der Waals surface area contributed by atoms with Crippen molar-refractivity contribution in [2.45, 2.75) is 25.8 Å². The molecule has 0 aliphatic carbocycles. The smallest absolute Gasteiger partial charge is 0.119 e. The van der Waals surface area contributed by atoms with Crippen LogP contribution in [0.2, 0.25) is 0 Å². The lowest BCUT2D eigenvalue weighted by molar-refractivity contribution is 0.230. The van der Waals surface area contributed by atoms with Gasteiger partial charge in [0.15, 0.2) is 0 Å². The van der Waals surface area contributed by atoms with Crippen molar-refractivity contribution in [3.05, 3.63) is 29.8 Å². The van der Waals surface area contributed by atoms with Gasteiger partial charge in [-0.3, -0.25) is 0 Å². The van der Waals surface area contributed by atoms with Gasteiger partial charge >= 0.3 is 0 Å². The normalized spacial score (nSPS) is 12.5. The first-order valence-corrected chi connectivity index (χ1v) is 5.34. The molecule has 0 aliphatic heterocycles. The maximum absolute atomic E-state index is 8.73. The van der Waals surface area contributed by atoms with Gasteiger partial charge in [-0.15, -0.1) is 0 Å². The maximum atomic E-state index is 8.73. The molecule has 0 aliphatic rings. The van der Waals surface area contributed by atoms with Gasteiger partial charge in [-0.25, -0.2) is 0 Å². The van der Waals surface area contributed by atoms with Gasteiger partial charge in [0, 0.05) is 6.04 Å². The Bertz CT molecular complexity index is 289. The molecule has 1 aromatic rings. The number of aliphatic hydroxyl groups is 1. The topological polar surface area (TPSA) is 55.5 Å². The molecule has 84 valence electrons. The van der Waals surface area contributed by atoms with Crippen molar-refractivity contribution in [2.24, 2.45) is 5.73 Å². The Morgan fingerprint density at radius 3 is 2.93 bits per heavy atom. The van der Waals surface area contributed by atoms with E-state index in [1.165, 1.54) is 5.56 Å². The van der Waals surface area contributed by atoms with E-state index in [1.54, 1.807) is 0 Å². The molecule has 0 radical (unpaired) electrons. The molecule has 0 heterocycles. The fourth-order valence-corrected chi connectivity index (χ4v) is 1.27. The van der Waals surface area contributed by atoms with E-state index in [-0.39, 0.29) is 12.6 Å². The number of aliphatic hydroxyl groups excluding tert-OH is 1. The Kier molecular flexibility index (Phi) is 5.15. The fourth-order valence-electron chi connectivity index (χ4n) is 1.27. The summed E-state index contributed by atoms with van der Waals surface area (Å²) in [6.45, 7) is 2.67. The van der Waals surface area contributed by atoms with Crippen LogP contribution in [0.4, 0.5) is 0 Å². The van der Waals surface area contributed by atoms with Gasteiger partial charge in [0.05, 0.1) is 13.2 Å². The van der Waals surface area contributed by atoms with Crippen molar-refractivity contribution in [3.63, 3.8) is 0 Å². The van der Waals surface area contributed by atoms with Crippen molar-refractivity contribution in [3.8, 4) is 5.75 Å². The number of ether oxygens (including phenoxy) is 1. The van der Waals surface area contributed by atoms with Crippen LogP contribution >= 0.6 is 0 Å². The van der Waals surface area contributed by atoms with E-state index in [2.05, 4.69) is 13.0 Å². The third-order valence-electron chi connectivity index (χ3n) is 2.30. The van der Waals surface area contributed by atoms with Crippen LogP contribution in [0.25, 0.3) is 0 Å². The molecule has 3 N–H and O–H groups in total. The molecule has 15 heavy (non-hydrogen) atoms. The van der Waals surface area contributed by atoms with Gasteiger partial charge < -0.3 is 15.6 Å². The minimum absolute atomic E-state index is 0.0123. The Morgan fingerprint density at radius 2 is 2.27 bits per heavy atom. The number of aryl methyl sites for hydroxylation is 1. The lowest BCUT2D eigenvalue weighted by atomic mass is 10.2. The van der Waals surface area contributed by atoms with Gasteiger partial charge in [0.25, 0.3) is 0 Å². The van der Waals surface area contributed by atoms with E-state index >= 15 is 0 Å². The van der Waals surface area contributed by atoms with E-state index in [1.807, 2.05) is 18.2 Å². The van der Waals surface area contributed by atoms with Crippen LogP contribution in [0.3, 0.4) is 0 Å². The average molecular weight is 209 g/mol. The number of rotatable bonds is 6. The first-order chi connectivity index (χ1) is 7.26. The molecule has 0 saturated carbocycles. The summed E-state index contributed by atoms with van der Waals surface area (Å²) in [7, 11) is 0. The molecule has 1 aromatic carbocycles. The predicted octanol–water partition coefficient (Wildman–Crippen LogP) is 1.34. The SMILES string of the molecule is CCc1cccc(OCCC(N)CO)c1. The molecule has 1 atom stereocenters. The van der Waals surface area contributed by atoms with Crippen LogP contribution in [-0.4, -0.2) is 24.4 Å². The second kappa shape index (κ2) is 6.43. The summed E-state index contributed by atoms with van der Waals surface area (Å²) < 4.78 is 5.53. The highest BCUT2D eigenvalue weighted by molar-refractivity contribution is 5.28. The van der Waals surface area contributed by atoms with Crippen molar-refractivity contribution in [2.75, 3.05) is 13.2 Å². The van der Waals surface area contributed by atoms with Crippen molar-refractivity contribution < 1.29 is 9.84 Å². The van der Waals surface area contributed by atoms with Crippen LogP contribution < -0.4 is 10.5 Å². The molecule has 0 aromatic heterocycles. The van der Waals surface area contributed by atoms with Crippen molar-refractivity contribution in [1.29, 1.82) is 0 Å². The fraction of sp³-hybridized carbons (Fsp3) is 0.500. The highest BCUT2D eigenvalue weighted by Crippen LogP contribution is 2.13. The van der Waals surface area contributed by atoms with Gasteiger partial charge in [0.1, 0.15) is 5.75 Å². The van der Waals surface area contributed by atoms with Crippen LogP contribution in [0, 0.1) is 0 Å². The molecular weight excluding hydrogens is 190 g/mol. The zero-order valence-electron chi connectivity index (χ0n) is 9.15. The quantitative estimate of drug-likeness (QED) is 0.743. The molecule has 0 amide bonds. The van der Waals surface area contributed by atoms with E-state index in [0.717, 1.165) is 12.2 Å². The number of hydrogen-bond acceptors (Lipinski definition) is 3. The Labute approximate surface area is 90.9 Å². The van der Waals surface area contributed by atoms with Crippen LogP contribution in [0.1, 0.15) is 18.9 Å². The molecule has 1 unspecified atom stereocenters. The molecule has 3 heteroatoms. The third-order valence-corrected chi connectivity index (χ3v) is 2.30. The molecule has 1 rings (SSSR count). The second-order valence-corrected chi connectivity index (χ2v) is 3.58. The Hall–Kier alpha value is -1.06. The average Bonchev–Trinajstić information content (AvgIpc) is 2.29. The minimum atomic E-state index is -0.181. The standard InChI is InChI=1S/C12H19NO2/c1-2-10-4-3-5-12(8-10)15-7-6-11(13)9-14/h3-5,8,11,14H,2,6-7,9,13H2,1H3. The summed E-state index contributed by atoms with van der Waals surface area (Å²) in [5, 5.41) is 8.73. The van der Waals surface area contributed by atoms with Crippen LogP contribution in [0.5, 0.6) is 5.75 Å². The molecule has 3 nitrogen and oxygen atoms in total. The van der Waals surface area contributed by atoms with E-state index in [4.69, 9.17) is 15.6 Å². The highest BCUT2D eigenvalue weighted by Gasteiger charge is 2.00. The monoisotopic (exact) mass is 209 g/mol. The molecule has 0 fully saturated rings.